The Kier molecular flexibility index (Phi) is 2.73. The maximum absolute atomic E-state index is 4.53. The van der Waals surface area contributed by atoms with E-state index in [9.17, 15) is 0 Å². The van der Waals surface area contributed by atoms with E-state index in [2.05, 4.69) is 52.0 Å². The van der Waals surface area contributed by atoms with Crippen LogP contribution in [0.1, 0.15) is 44.0 Å². The Morgan fingerprint density at radius 1 is 0.864 bits per heavy atom. The Balaban J connectivity index is 1.60. The molecule has 0 spiro atoms. The summed E-state index contributed by atoms with van der Waals surface area (Å²) in [6.07, 6.45) is 7.24. The first kappa shape index (κ1) is 12.9. The smallest absolute Gasteiger partial charge is 0.164 e. The molecule has 0 saturated heterocycles. The summed E-state index contributed by atoms with van der Waals surface area (Å²) in [5.74, 6) is 5.90. The molecule has 4 bridgehead atoms. The van der Waals surface area contributed by atoms with Crippen molar-refractivity contribution < 1.29 is 0 Å². The second-order valence-corrected chi connectivity index (χ2v) is 7.73. The van der Waals surface area contributed by atoms with Gasteiger partial charge in [0.15, 0.2) is 5.82 Å². The van der Waals surface area contributed by atoms with Gasteiger partial charge in [-0.25, -0.2) is 0 Å². The molecule has 0 N–H and O–H groups in total. The van der Waals surface area contributed by atoms with Gasteiger partial charge >= 0.3 is 0 Å². The summed E-state index contributed by atoms with van der Waals surface area (Å²) >= 11 is 0. The third-order valence-electron chi connectivity index (χ3n) is 6.37. The van der Waals surface area contributed by atoms with Gasteiger partial charge in [0, 0.05) is 11.6 Å². The second-order valence-electron chi connectivity index (χ2n) is 7.73. The average Bonchev–Trinajstić information content (AvgIpc) is 2.89. The van der Waals surface area contributed by atoms with Gasteiger partial charge < -0.3 is 4.57 Å². The van der Waals surface area contributed by atoms with Crippen molar-refractivity contribution in [3.63, 3.8) is 0 Å². The SMILES string of the molecule is Cc1nnc(-c2ccccc2)n1C1[C@H]2C[C@@H]3C[C@@H](C[C@H]1C3)C2. The number of aromatic nitrogens is 3. The Morgan fingerprint density at radius 2 is 1.50 bits per heavy atom. The summed E-state index contributed by atoms with van der Waals surface area (Å²) in [5.41, 5.74) is 1.21. The Bertz CT molecular complexity index is 660. The monoisotopic (exact) mass is 293 g/mol. The van der Waals surface area contributed by atoms with E-state index in [-0.39, 0.29) is 0 Å². The van der Waals surface area contributed by atoms with Gasteiger partial charge in [-0.15, -0.1) is 10.2 Å². The first-order valence-electron chi connectivity index (χ1n) is 8.76. The normalized spacial score (nSPS) is 36.0. The molecule has 1 heterocycles. The molecule has 4 fully saturated rings. The quantitative estimate of drug-likeness (QED) is 0.828. The predicted octanol–water partition coefficient (Wildman–Crippen LogP) is 4.25. The fraction of sp³-hybridized carbons (Fsp3) is 0.579. The molecule has 4 aliphatic carbocycles. The summed E-state index contributed by atoms with van der Waals surface area (Å²) < 4.78 is 2.49. The average molecular weight is 293 g/mol. The van der Waals surface area contributed by atoms with Gasteiger partial charge in [-0.2, -0.15) is 0 Å². The van der Waals surface area contributed by atoms with Crippen LogP contribution in [0.5, 0.6) is 0 Å². The van der Waals surface area contributed by atoms with Crippen LogP contribution in [0.2, 0.25) is 0 Å². The highest BCUT2D eigenvalue weighted by Crippen LogP contribution is 2.58. The van der Waals surface area contributed by atoms with E-state index in [1.54, 1.807) is 0 Å². The van der Waals surface area contributed by atoms with Crippen LogP contribution in [0.15, 0.2) is 30.3 Å². The minimum Gasteiger partial charge on any atom is -0.308 e. The molecule has 0 amide bonds. The molecule has 0 aliphatic heterocycles. The second kappa shape index (κ2) is 4.68. The third kappa shape index (κ3) is 1.81. The van der Waals surface area contributed by atoms with E-state index in [0.29, 0.717) is 6.04 Å². The van der Waals surface area contributed by atoms with E-state index in [4.69, 9.17) is 0 Å². The first-order valence-corrected chi connectivity index (χ1v) is 8.76. The van der Waals surface area contributed by atoms with Gasteiger partial charge in [0.2, 0.25) is 0 Å². The van der Waals surface area contributed by atoms with Crippen molar-refractivity contribution in [2.45, 2.75) is 45.1 Å². The molecule has 1 aromatic heterocycles. The molecule has 0 radical (unpaired) electrons. The number of rotatable bonds is 2. The molecule has 0 atom stereocenters. The summed E-state index contributed by atoms with van der Waals surface area (Å²) in [6.45, 7) is 2.13. The zero-order valence-electron chi connectivity index (χ0n) is 13.2. The highest BCUT2D eigenvalue weighted by atomic mass is 15.3. The molecule has 3 nitrogen and oxygen atoms in total. The van der Waals surface area contributed by atoms with Crippen molar-refractivity contribution in [1.82, 2.24) is 14.8 Å². The van der Waals surface area contributed by atoms with E-state index in [1.165, 1.54) is 37.7 Å². The zero-order chi connectivity index (χ0) is 14.7. The summed E-state index contributed by atoms with van der Waals surface area (Å²) in [5, 5.41) is 8.97. The molecule has 6 rings (SSSR count). The standard InChI is InChI=1S/C19H23N3/c1-12-20-21-19(15-5-3-2-4-6-15)22(12)18-16-8-13-7-14(10-16)11-17(18)9-13/h2-6,13-14,16-18H,7-11H2,1H3/t13-,14+,16-,17+,18?. The molecule has 114 valence electrons. The van der Waals surface area contributed by atoms with Crippen molar-refractivity contribution in [1.29, 1.82) is 0 Å². The van der Waals surface area contributed by atoms with Gasteiger partial charge in [-0.1, -0.05) is 30.3 Å². The molecular formula is C19H23N3. The van der Waals surface area contributed by atoms with Crippen LogP contribution in [0.3, 0.4) is 0 Å². The van der Waals surface area contributed by atoms with Gasteiger partial charge in [-0.3, -0.25) is 0 Å². The van der Waals surface area contributed by atoms with Crippen molar-refractivity contribution >= 4 is 0 Å². The minimum atomic E-state index is 0.637. The highest BCUT2D eigenvalue weighted by molar-refractivity contribution is 5.55. The van der Waals surface area contributed by atoms with Crippen LogP contribution < -0.4 is 0 Å². The Hall–Kier alpha value is -1.64. The van der Waals surface area contributed by atoms with Crippen LogP contribution in [-0.4, -0.2) is 14.8 Å². The molecule has 2 aromatic rings. The van der Waals surface area contributed by atoms with E-state index >= 15 is 0 Å². The number of hydrogen-bond donors (Lipinski definition) is 0. The maximum atomic E-state index is 4.53. The Morgan fingerprint density at radius 3 is 2.14 bits per heavy atom. The minimum absolute atomic E-state index is 0.637. The van der Waals surface area contributed by atoms with Crippen LogP contribution in [0.4, 0.5) is 0 Å². The Labute approximate surface area is 131 Å². The van der Waals surface area contributed by atoms with Crippen LogP contribution in [-0.2, 0) is 0 Å². The molecule has 1 aromatic carbocycles. The van der Waals surface area contributed by atoms with Crippen molar-refractivity contribution in [3.05, 3.63) is 36.2 Å². The van der Waals surface area contributed by atoms with Gasteiger partial charge in [-0.05, 0) is 62.7 Å². The van der Waals surface area contributed by atoms with E-state index in [1.807, 2.05) is 0 Å². The zero-order valence-corrected chi connectivity index (χ0v) is 13.2. The number of aryl methyl sites for hydroxylation is 1. The molecule has 22 heavy (non-hydrogen) atoms. The van der Waals surface area contributed by atoms with E-state index in [0.717, 1.165) is 35.3 Å². The van der Waals surface area contributed by atoms with Crippen LogP contribution in [0, 0.1) is 30.6 Å². The molecule has 0 unspecified atom stereocenters. The number of hydrogen-bond acceptors (Lipinski definition) is 2. The molecule has 4 saturated carbocycles. The highest BCUT2D eigenvalue weighted by Gasteiger charge is 2.49. The molecule has 4 aliphatic rings. The topological polar surface area (TPSA) is 30.7 Å². The van der Waals surface area contributed by atoms with Crippen molar-refractivity contribution in [2.75, 3.05) is 0 Å². The maximum Gasteiger partial charge on any atom is 0.164 e. The fourth-order valence-corrected chi connectivity index (χ4v) is 5.83. The van der Waals surface area contributed by atoms with Crippen molar-refractivity contribution in [3.8, 4) is 11.4 Å². The largest absolute Gasteiger partial charge is 0.308 e. The lowest BCUT2D eigenvalue weighted by Gasteiger charge is -2.55. The lowest BCUT2D eigenvalue weighted by atomic mass is 9.54. The van der Waals surface area contributed by atoms with Crippen LogP contribution in [0.25, 0.3) is 11.4 Å². The first-order chi connectivity index (χ1) is 10.8. The lowest BCUT2D eigenvalue weighted by molar-refractivity contribution is -0.0293. The van der Waals surface area contributed by atoms with Crippen LogP contribution >= 0.6 is 0 Å². The lowest BCUT2D eigenvalue weighted by Crippen LogP contribution is -2.46. The number of benzene rings is 1. The molecule has 3 heteroatoms. The fourth-order valence-electron chi connectivity index (χ4n) is 5.83. The van der Waals surface area contributed by atoms with Crippen molar-refractivity contribution in [2.24, 2.45) is 23.7 Å². The number of nitrogens with zero attached hydrogens (tertiary/aromatic N) is 3. The predicted molar refractivity (Wildman–Crippen MR) is 86.3 cm³/mol. The third-order valence-corrected chi connectivity index (χ3v) is 6.37. The summed E-state index contributed by atoms with van der Waals surface area (Å²) in [4.78, 5) is 0. The summed E-state index contributed by atoms with van der Waals surface area (Å²) in [7, 11) is 0. The van der Waals surface area contributed by atoms with Gasteiger partial charge in [0.25, 0.3) is 0 Å². The van der Waals surface area contributed by atoms with E-state index < -0.39 is 0 Å². The van der Waals surface area contributed by atoms with Gasteiger partial charge in [0.05, 0.1) is 0 Å². The molecular weight excluding hydrogens is 270 g/mol. The van der Waals surface area contributed by atoms with Gasteiger partial charge in [0.1, 0.15) is 5.82 Å². The summed E-state index contributed by atoms with van der Waals surface area (Å²) in [6, 6.07) is 11.2.